The normalized spacial score (nSPS) is 28.8. The second-order valence-electron chi connectivity index (χ2n) is 11.4. The molecule has 1 atom stereocenters. The second-order valence-corrected chi connectivity index (χ2v) is 11.4. The van der Waals surface area contributed by atoms with E-state index >= 15 is 0 Å². The van der Waals surface area contributed by atoms with Gasteiger partial charge in [0, 0.05) is 28.8 Å². The van der Waals surface area contributed by atoms with Crippen molar-refractivity contribution in [2.45, 2.75) is 52.6 Å². The van der Waals surface area contributed by atoms with Crippen LogP contribution >= 0.6 is 0 Å². The predicted octanol–water partition coefficient (Wildman–Crippen LogP) is 3.83. The first-order valence-corrected chi connectivity index (χ1v) is 11.8. The van der Waals surface area contributed by atoms with Crippen LogP contribution in [0.15, 0.2) is 51.1 Å². The number of azo groups is 1. The predicted molar refractivity (Wildman–Crippen MR) is 122 cm³/mol. The number of ether oxygens (including phenoxy) is 1. The first-order valence-electron chi connectivity index (χ1n) is 11.8. The van der Waals surface area contributed by atoms with Crippen molar-refractivity contribution in [1.29, 1.82) is 0 Å². The molecular weight excluding hydrogens is 416 g/mol. The zero-order chi connectivity index (χ0) is 23.2. The summed E-state index contributed by atoms with van der Waals surface area (Å²) >= 11 is 0. The minimum Gasteiger partial charge on any atom is -0.370 e. The van der Waals surface area contributed by atoms with Gasteiger partial charge in [0.2, 0.25) is 0 Å². The Morgan fingerprint density at radius 3 is 2.73 bits per heavy atom. The van der Waals surface area contributed by atoms with Crippen LogP contribution in [-0.2, 0) is 9.53 Å². The number of allylic oxidation sites excluding steroid dienone is 1. The maximum Gasteiger partial charge on any atom is 0.254 e. The van der Waals surface area contributed by atoms with Crippen LogP contribution in [0.2, 0.25) is 0 Å². The van der Waals surface area contributed by atoms with Crippen LogP contribution in [0.3, 0.4) is 0 Å². The Kier molecular flexibility index (Phi) is 4.17. The van der Waals surface area contributed by atoms with Crippen LogP contribution < -0.4 is 5.32 Å². The smallest absolute Gasteiger partial charge is 0.254 e. The first kappa shape index (κ1) is 20.8. The summed E-state index contributed by atoms with van der Waals surface area (Å²) in [4.78, 5) is 28.5. The third-order valence-corrected chi connectivity index (χ3v) is 7.99. The Morgan fingerprint density at radius 2 is 1.97 bits per heavy atom. The molecule has 0 radical (unpaired) electrons. The van der Waals surface area contributed by atoms with Crippen LogP contribution in [0.1, 0.15) is 54.6 Å². The van der Waals surface area contributed by atoms with E-state index in [1.165, 1.54) is 0 Å². The van der Waals surface area contributed by atoms with Gasteiger partial charge in [-0.3, -0.25) is 9.59 Å². The molecule has 1 aromatic rings. The lowest BCUT2D eigenvalue weighted by atomic mass is 9.61. The molecule has 1 aliphatic carbocycles. The van der Waals surface area contributed by atoms with Crippen LogP contribution in [0, 0.1) is 24.7 Å². The fourth-order valence-corrected chi connectivity index (χ4v) is 6.57. The molecule has 4 aliphatic heterocycles. The van der Waals surface area contributed by atoms with Crippen molar-refractivity contribution in [2.24, 2.45) is 21.1 Å². The molecule has 33 heavy (non-hydrogen) atoms. The summed E-state index contributed by atoms with van der Waals surface area (Å²) < 4.78 is 6.47. The van der Waals surface area contributed by atoms with E-state index < -0.39 is 11.0 Å². The minimum absolute atomic E-state index is 0.0501. The van der Waals surface area contributed by atoms with Gasteiger partial charge in [-0.2, -0.15) is 5.11 Å². The third kappa shape index (κ3) is 2.98. The topological polar surface area (TPSA) is 83.4 Å². The number of fused-ring (bicyclic) bond motifs is 2. The number of carbonyl (C=O) groups excluding carboxylic acids is 2. The summed E-state index contributed by atoms with van der Waals surface area (Å²) in [7, 11) is 0. The number of dihydropyridines is 1. The standard InChI is InChI=1S/C26H30N4O3/c1-15-5-6-17(16(2)7-15)23(32)30-12-25(13-30)11-26(14-33-25)18-10-27-29-22(18)28-19-8-24(3,4)9-20(31)21(19)26/h5-7,28H,8-14H2,1-4H3. The molecule has 1 N–H and O–H groups in total. The highest BCUT2D eigenvalue weighted by atomic mass is 16.5. The van der Waals surface area contributed by atoms with Gasteiger partial charge in [-0.05, 0) is 43.7 Å². The SMILES string of the molecule is Cc1ccc(C(=O)N2CC3(C2)CC2(CO3)C3=C(N=NC3)NC3=C2C(=O)CC(C)(C)C3)c(C)c1. The van der Waals surface area contributed by atoms with Gasteiger partial charge < -0.3 is 15.0 Å². The zero-order valence-corrected chi connectivity index (χ0v) is 19.7. The van der Waals surface area contributed by atoms with E-state index in [1.54, 1.807) is 0 Å². The summed E-state index contributed by atoms with van der Waals surface area (Å²) in [6, 6.07) is 5.95. The Hall–Kier alpha value is -2.80. The average Bonchev–Trinajstić information content (AvgIpc) is 3.31. The van der Waals surface area contributed by atoms with Crippen LogP contribution in [0.4, 0.5) is 0 Å². The number of nitrogens with one attached hydrogen (secondary N) is 1. The van der Waals surface area contributed by atoms with Crippen molar-refractivity contribution < 1.29 is 14.3 Å². The molecule has 2 saturated heterocycles. The molecule has 2 fully saturated rings. The van der Waals surface area contributed by atoms with E-state index in [2.05, 4.69) is 29.4 Å². The van der Waals surface area contributed by atoms with E-state index in [9.17, 15) is 9.59 Å². The molecule has 1 unspecified atom stereocenters. The third-order valence-electron chi connectivity index (χ3n) is 7.99. The van der Waals surface area contributed by atoms with Gasteiger partial charge in [0.1, 0.15) is 5.60 Å². The molecular formula is C26H30N4O3. The highest BCUT2D eigenvalue weighted by Gasteiger charge is 2.63. The van der Waals surface area contributed by atoms with Crippen molar-refractivity contribution in [3.8, 4) is 0 Å². The van der Waals surface area contributed by atoms with Gasteiger partial charge in [-0.15, -0.1) is 5.11 Å². The molecule has 6 rings (SSSR count). The molecule has 1 amide bonds. The Labute approximate surface area is 194 Å². The highest BCUT2D eigenvalue weighted by molar-refractivity contribution is 6.00. The van der Waals surface area contributed by atoms with Crippen LogP contribution in [0.5, 0.6) is 0 Å². The van der Waals surface area contributed by atoms with Crippen molar-refractivity contribution in [2.75, 3.05) is 26.2 Å². The van der Waals surface area contributed by atoms with Gasteiger partial charge >= 0.3 is 0 Å². The van der Waals surface area contributed by atoms with Crippen LogP contribution in [0.25, 0.3) is 0 Å². The van der Waals surface area contributed by atoms with Gasteiger partial charge in [-0.25, -0.2) is 0 Å². The summed E-state index contributed by atoms with van der Waals surface area (Å²) in [5.74, 6) is 1.05. The van der Waals surface area contributed by atoms with Crippen molar-refractivity contribution in [3.63, 3.8) is 0 Å². The molecule has 0 aromatic heterocycles. The molecule has 0 bridgehead atoms. The summed E-state index contributed by atoms with van der Waals surface area (Å²) in [5, 5.41) is 12.1. The lowest BCUT2D eigenvalue weighted by Gasteiger charge is -2.49. The number of hydrogen-bond donors (Lipinski definition) is 1. The number of Topliss-reactive ketones (excluding diaryl/α,β-unsaturated/α-hetero) is 1. The summed E-state index contributed by atoms with van der Waals surface area (Å²) in [5.41, 5.74) is 4.85. The molecule has 5 aliphatic rings. The molecule has 7 nitrogen and oxygen atoms in total. The monoisotopic (exact) mass is 446 g/mol. The van der Waals surface area contributed by atoms with Gasteiger partial charge in [0.15, 0.2) is 11.6 Å². The fraction of sp³-hybridized carbons (Fsp3) is 0.538. The zero-order valence-electron chi connectivity index (χ0n) is 19.7. The molecule has 2 spiro atoms. The quantitative estimate of drug-likeness (QED) is 0.711. The fourth-order valence-electron chi connectivity index (χ4n) is 6.57. The van der Waals surface area contributed by atoms with Crippen molar-refractivity contribution >= 4 is 11.7 Å². The number of amides is 1. The van der Waals surface area contributed by atoms with E-state index in [0.29, 0.717) is 39.1 Å². The van der Waals surface area contributed by atoms with E-state index in [0.717, 1.165) is 45.8 Å². The lowest BCUT2D eigenvalue weighted by Crippen LogP contribution is -2.63. The molecule has 172 valence electrons. The van der Waals surface area contributed by atoms with Gasteiger partial charge in [-0.1, -0.05) is 31.5 Å². The summed E-state index contributed by atoms with van der Waals surface area (Å²) in [6.45, 7) is 10.3. The van der Waals surface area contributed by atoms with Crippen molar-refractivity contribution in [1.82, 2.24) is 10.2 Å². The second kappa shape index (κ2) is 6.63. The van der Waals surface area contributed by atoms with Gasteiger partial charge in [0.05, 0.1) is 31.7 Å². The van der Waals surface area contributed by atoms with Crippen LogP contribution in [-0.4, -0.2) is 48.4 Å². The summed E-state index contributed by atoms with van der Waals surface area (Å²) in [6.07, 6.45) is 2.05. The molecule has 7 heteroatoms. The average molecular weight is 447 g/mol. The number of aryl methyl sites for hydroxylation is 2. The largest absolute Gasteiger partial charge is 0.370 e. The van der Waals surface area contributed by atoms with E-state index in [1.807, 2.05) is 36.9 Å². The minimum atomic E-state index is -0.484. The number of ketones is 1. The van der Waals surface area contributed by atoms with E-state index in [4.69, 9.17) is 4.74 Å². The number of likely N-dealkylation sites (tertiary alicyclic amines) is 1. The number of benzene rings is 1. The Balaban J connectivity index is 1.29. The maximum atomic E-state index is 13.4. The number of hydrogen-bond acceptors (Lipinski definition) is 6. The molecule has 0 saturated carbocycles. The number of nitrogens with zero attached hydrogens (tertiary/aromatic N) is 3. The highest BCUT2D eigenvalue weighted by Crippen LogP contribution is 2.58. The van der Waals surface area contributed by atoms with Gasteiger partial charge in [0.25, 0.3) is 5.91 Å². The number of rotatable bonds is 1. The number of carbonyl (C=O) groups is 2. The molecule has 4 heterocycles. The lowest BCUT2D eigenvalue weighted by molar-refractivity contribution is -0.119. The maximum absolute atomic E-state index is 13.4. The molecule has 1 aromatic carbocycles. The van der Waals surface area contributed by atoms with E-state index in [-0.39, 0.29) is 17.1 Å². The van der Waals surface area contributed by atoms with Crippen molar-refractivity contribution in [3.05, 3.63) is 57.6 Å². The first-order chi connectivity index (χ1) is 15.6. The Bertz CT molecular complexity index is 1200. The Morgan fingerprint density at radius 1 is 1.18 bits per heavy atom.